The van der Waals surface area contributed by atoms with Crippen molar-refractivity contribution in [2.45, 2.75) is 33.7 Å². The highest BCUT2D eigenvalue weighted by Gasteiger charge is 2.12. The first-order valence-electron chi connectivity index (χ1n) is 8.53. The van der Waals surface area contributed by atoms with Crippen LogP contribution in [0.2, 0.25) is 0 Å². The van der Waals surface area contributed by atoms with E-state index in [0.717, 1.165) is 33.3 Å². The SMILES string of the molecule is CC(=O)Nc1cccc(CNC(=O)Cc2coc3c(C)c(C)ccc23)c1. The summed E-state index contributed by atoms with van der Waals surface area (Å²) in [5.74, 6) is -0.195. The highest BCUT2D eigenvalue weighted by molar-refractivity contribution is 5.90. The van der Waals surface area contributed by atoms with Crippen LogP contribution in [0.15, 0.2) is 47.1 Å². The number of carbonyl (C=O) groups excluding carboxylic acids is 2. The molecule has 0 aliphatic carbocycles. The van der Waals surface area contributed by atoms with Crippen LogP contribution in [-0.2, 0) is 22.6 Å². The summed E-state index contributed by atoms with van der Waals surface area (Å²) in [6, 6.07) is 11.5. The van der Waals surface area contributed by atoms with Gasteiger partial charge in [-0.05, 0) is 42.7 Å². The number of aryl methyl sites for hydroxylation is 2. The molecule has 0 fully saturated rings. The van der Waals surface area contributed by atoms with E-state index in [0.29, 0.717) is 6.54 Å². The predicted molar refractivity (Wildman–Crippen MR) is 102 cm³/mol. The van der Waals surface area contributed by atoms with E-state index >= 15 is 0 Å². The summed E-state index contributed by atoms with van der Waals surface area (Å²) in [5, 5.41) is 6.63. The van der Waals surface area contributed by atoms with Crippen LogP contribution in [0.1, 0.15) is 29.2 Å². The summed E-state index contributed by atoms with van der Waals surface area (Å²) in [4.78, 5) is 23.5. The number of amides is 2. The standard InChI is InChI=1S/C21H22N2O3/c1-13-7-8-19-17(12-26-21(19)14(13)2)10-20(25)22-11-16-5-4-6-18(9-16)23-15(3)24/h4-9,12H,10-11H2,1-3H3,(H,22,25)(H,23,24). The molecule has 0 aliphatic heterocycles. The zero-order valence-corrected chi connectivity index (χ0v) is 15.2. The second kappa shape index (κ2) is 7.44. The fourth-order valence-electron chi connectivity index (χ4n) is 2.92. The van der Waals surface area contributed by atoms with Gasteiger partial charge in [-0.3, -0.25) is 9.59 Å². The smallest absolute Gasteiger partial charge is 0.224 e. The molecule has 1 aromatic heterocycles. The second-order valence-corrected chi connectivity index (χ2v) is 6.48. The molecule has 0 radical (unpaired) electrons. The molecule has 1 heterocycles. The number of anilines is 1. The molecule has 0 spiro atoms. The molecule has 134 valence electrons. The third kappa shape index (κ3) is 3.94. The molecule has 0 aliphatic rings. The average Bonchev–Trinajstić information content (AvgIpc) is 2.99. The van der Waals surface area contributed by atoms with E-state index in [1.807, 2.05) is 50.2 Å². The first-order valence-corrected chi connectivity index (χ1v) is 8.53. The van der Waals surface area contributed by atoms with Gasteiger partial charge in [-0.1, -0.05) is 24.3 Å². The van der Waals surface area contributed by atoms with Crippen LogP contribution >= 0.6 is 0 Å². The Labute approximate surface area is 152 Å². The van der Waals surface area contributed by atoms with Gasteiger partial charge in [0.2, 0.25) is 11.8 Å². The molecular formula is C21H22N2O3. The lowest BCUT2D eigenvalue weighted by molar-refractivity contribution is -0.120. The zero-order valence-electron chi connectivity index (χ0n) is 15.2. The summed E-state index contributed by atoms with van der Waals surface area (Å²) in [7, 11) is 0. The molecule has 3 aromatic rings. The molecule has 0 saturated heterocycles. The van der Waals surface area contributed by atoms with Crippen LogP contribution in [0.25, 0.3) is 11.0 Å². The maximum absolute atomic E-state index is 12.3. The van der Waals surface area contributed by atoms with Gasteiger partial charge in [-0.15, -0.1) is 0 Å². The lowest BCUT2D eigenvalue weighted by Gasteiger charge is -2.07. The molecule has 0 atom stereocenters. The van der Waals surface area contributed by atoms with Gasteiger partial charge in [-0.25, -0.2) is 0 Å². The van der Waals surface area contributed by atoms with Gasteiger partial charge >= 0.3 is 0 Å². The first-order chi connectivity index (χ1) is 12.4. The quantitative estimate of drug-likeness (QED) is 0.734. The Morgan fingerprint density at radius 1 is 1.12 bits per heavy atom. The predicted octanol–water partition coefficient (Wildman–Crippen LogP) is 3.87. The third-order valence-corrected chi connectivity index (χ3v) is 4.43. The summed E-state index contributed by atoms with van der Waals surface area (Å²) in [5.41, 5.74) is 5.64. The molecule has 0 saturated carbocycles. The van der Waals surface area contributed by atoms with E-state index in [1.165, 1.54) is 12.5 Å². The van der Waals surface area contributed by atoms with Crippen molar-refractivity contribution in [2.24, 2.45) is 0 Å². The van der Waals surface area contributed by atoms with E-state index in [1.54, 1.807) is 6.26 Å². The number of furan rings is 1. The van der Waals surface area contributed by atoms with Crippen molar-refractivity contribution in [1.29, 1.82) is 0 Å². The molecule has 2 aromatic carbocycles. The first kappa shape index (κ1) is 17.7. The van der Waals surface area contributed by atoms with Crippen LogP contribution in [-0.4, -0.2) is 11.8 Å². The molecule has 26 heavy (non-hydrogen) atoms. The van der Waals surface area contributed by atoms with E-state index in [2.05, 4.69) is 10.6 Å². The maximum Gasteiger partial charge on any atom is 0.224 e. The van der Waals surface area contributed by atoms with Crippen LogP contribution in [0.4, 0.5) is 5.69 Å². The number of rotatable bonds is 5. The van der Waals surface area contributed by atoms with Gasteiger partial charge in [0.05, 0.1) is 12.7 Å². The number of fused-ring (bicyclic) bond motifs is 1. The van der Waals surface area contributed by atoms with Crippen LogP contribution in [0.3, 0.4) is 0 Å². The minimum absolute atomic E-state index is 0.0733. The third-order valence-electron chi connectivity index (χ3n) is 4.43. The Bertz CT molecular complexity index is 973. The minimum Gasteiger partial charge on any atom is -0.464 e. The van der Waals surface area contributed by atoms with E-state index in [9.17, 15) is 9.59 Å². The summed E-state index contributed by atoms with van der Waals surface area (Å²) in [6.45, 7) is 5.93. The molecule has 5 heteroatoms. The van der Waals surface area contributed by atoms with E-state index in [4.69, 9.17) is 4.42 Å². The van der Waals surface area contributed by atoms with Gasteiger partial charge < -0.3 is 15.1 Å². The molecule has 2 amide bonds. The van der Waals surface area contributed by atoms with Crippen molar-refractivity contribution in [3.8, 4) is 0 Å². The van der Waals surface area contributed by atoms with Crippen molar-refractivity contribution < 1.29 is 14.0 Å². The minimum atomic E-state index is -0.122. The van der Waals surface area contributed by atoms with Crippen molar-refractivity contribution >= 4 is 28.5 Å². The second-order valence-electron chi connectivity index (χ2n) is 6.48. The summed E-state index contributed by atoms with van der Waals surface area (Å²) >= 11 is 0. The Morgan fingerprint density at radius 2 is 1.92 bits per heavy atom. The monoisotopic (exact) mass is 350 g/mol. The fraction of sp³-hybridized carbons (Fsp3) is 0.238. The van der Waals surface area contributed by atoms with E-state index < -0.39 is 0 Å². The van der Waals surface area contributed by atoms with Gasteiger partial charge in [0.15, 0.2) is 0 Å². The van der Waals surface area contributed by atoms with Crippen LogP contribution in [0, 0.1) is 13.8 Å². The van der Waals surface area contributed by atoms with Crippen molar-refractivity contribution in [1.82, 2.24) is 5.32 Å². The number of nitrogens with one attached hydrogen (secondary N) is 2. The molecule has 0 unspecified atom stereocenters. The Balaban J connectivity index is 1.65. The topological polar surface area (TPSA) is 71.3 Å². The highest BCUT2D eigenvalue weighted by atomic mass is 16.3. The van der Waals surface area contributed by atoms with Gasteiger partial charge in [-0.2, -0.15) is 0 Å². The Kier molecular flexibility index (Phi) is 5.07. The fourth-order valence-corrected chi connectivity index (χ4v) is 2.92. The van der Waals surface area contributed by atoms with Gasteiger partial charge in [0.1, 0.15) is 5.58 Å². The number of carbonyl (C=O) groups is 2. The Morgan fingerprint density at radius 3 is 2.69 bits per heavy atom. The zero-order chi connectivity index (χ0) is 18.7. The average molecular weight is 350 g/mol. The largest absolute Gasteiger partial charge is 0.464 e. The highest BCUT2D eigenvalue weighted by Crippen LogP contribution is 2.26. The molecule has 5 nitrogen and oxygen atoms in total. The van der Waals surface area contributed by atoms with Crippen LogP contribution in [0.5, 0.6) is 0 Å². The van der Waals surface area contributed by atoms with Crippen molar-refractivity contribution in [2.75, 3.05) is 5.32 Å². The van der Waals surface area contributed by atoms with Crippen molar-refractivity contribution in [3.05, 3.63) is 64.9 Å². The van der Waals surface area contributed by atoms with Gasteiger partial charge in [0.25, 0.3) is 0 Å². The number of hydrogen-bond donors (Lipinski definition) is 2. The lowest BCUT2D eigenvalue weighted by Crippen LogP contribution is -2.24. The maximum atomic E-state index is 12.3. The Hall–Kier alpha value is -3.08. The van der Waals surface area contributed by atoms with Crippen molar-refractivity contribution in [3.63, 3.8) is 0 Å². The van der Waals surface area contributed by atoms with Crippen LogP contribution < -0.4 is 10.6 Å². The molecule has 2 N–H and O–H groups in total. The molecular weight excluding hydrogens is 328 g/mol. The number of benzene rings is 2. The van der Waals surface area contributed by atoms with Gasteiger partial charge in [0, 0.05) is 30.1 Å². The normalized spacial score (nSPS) is 10.7. The summed E-state index contributed by atoms with van der Waals surface area (Å²) in [6.07, 6.45) is 1.93. The number of hydrogen-bond acceptors (Lipinski definition) is 3. The summed E-state index contributed by atoms with van der Waals surface area (Å²) < 4.78 is 5.66. The lowest BCUT2D eigenvalue weighted by atomic mass is 10.0. The molecule has 3 rings (SSSR count). The van der Waals surface area contributed by atoms with E-state index in [-0.39, 0.29) is 18.2 Å². The molecule has 0 bridgehead atoms.